The summed E-state index contributed by atoms with van der Waals surface area (Å²) in [6.45, 7) is 0.819. The van der Waals surface area contributed by atoms with Gasteiger partial charge in [-0.15, -0.1) is 0 Å². The Morgan fingerprint density at radius 2 is 2.28 bits per heavy atom. The van der Waals surface area contributed by atoms with Crippen LogP contribution in [0.3, 0.4) is 0 Å². The SMILES string of the molecule is NC1=NC(N)(CC2CCCO2)c2ccccc2N1. The standard InChI is InChI=1S/C13H18N4O/c14-12-16-11-6-2-1-5-10(11)13(15,17-12)8-9-4-3-7-18-9/h1-2,5-6,9H,3-4,7-8,15H2,(H3,14,16,17). The number of para-hydroxylation sites is 1. The zero-order valence-electron chi connectivity index (χ0n) is 10.2. The number of hydrogen-bond acceptors (Lipinski definition) is 5. The maximum atomic E-state index is 6.45. The number of hydrogen-bond donors (Lipinski definition) is 3. The lowest BCUT2D eigenvalue weighted by Crippen LogP contribution is -2.45. The van der Waals surface area contributed by atoms with E-state index in [1.165, 1.54) is 0 Å². The first kappa shape index (κ1) is 11.5. The molecule has 1 fully saturated rings. The van der Waals surface area contributed by atoms with Crippen LogP contribution in [0, 0.1) is 0 Å². The van der Waals surface area contributed by atoms with Crippen molar-refractivity contribution in [2.24, 2.45) is 16.5 Å². The van der Waals surface area contributed by atoms with Crippen molar-refractivity contribution in [3.63, 3.8) is 0 Å². The van der Waals surface area contributed by atoms with E-state index in [0.717, 1.165) is 30.7 Å². The minimum absolute atomic E-state index is 0.178. The highest BCUT2D eigenvalue weighted by Crippen LogP contribution is 2.36. The number of nitrogens with one attached hydrogen (secondary N) is 1. The Kier molecular flexibility index (Phi) is 2.72. The first-order valence-electron chi connectivity index (χ1n) is 6.30. The van der Waals surface area contributed by atoms with Crippen molar-refractivity contribution in [1.29, 1.82) is 0 Å². The first-order valence-corrected chi connectivity index (χ1v) is 6.30. The molecular weight excluding hydrogens is 228 g/mol. The summed E-state index contributed by atoms with van der Waals surface area (Å²) in [4.78, 5) is 4.40. The molecule has 2 unspecified atom stereocenters. The summed E-state index contributed by atoms with van der Waals surface area (Å²) in [7, 11) is 0. The number of fused-ring (bicyclic) bond motifs is 1. The number of benzene rings is 1. The van der Waals surface area contributed by atoms with Crippen LogP contribution in [0.25, 0.3) is 0 Å². The molecule has 1 saturated heterocycles. The molecule has 0 spiro atoms. The Morgan fingerprint density at radius 1 is 1.44 bits per heavy atom. The molecule has 1 aromatic carbocycles. The summed E-state index contributed by atoms with van der Waals surface area (Å²) in [5, 5.41) is 3.05. The van der Waals surface area contributed by atoms with Crippen LogP contribution in [0.5, 0.6) is 0 Å². The molecule has 18 heavy (non-hydrogen) atoms. The lowest BCUT2D eigenvalue weighted by atomic mass is 9.91. The maximum absolute atomic E-state index is 6.45. The molecule has 0 aromatic heterocycles. The molecule has 0 saturated carbocycles. The molecule has 96 valence electrons. The lowest BCUT2D eigenvalue weighted by Gasteiger charge is -2.33. The van der Waals surface area contributed by atoms with Crippen molar-refractivity contribution >= 4 is 11.6 Å². The summed E-state index contributed by atoms with van der Waals surface area (Å²) in [6.07, 6.45) is 2.99. The van der Waals surface area contributed by atoms with Gasteiger partial charge in [0, 0.05) is 24.3 Å². The fraction of sp³-hybridized carbons (Fsp3) is 0.462. The third-order valence-electron chi connectivity index (χ3n) is 3.54. The van der Waals surface area contributed by atoms with Crippen LogP contribution >= 0.6 is 0 Å². The van der Waals surface area contributed by atoms with Gasteiger partial charge in [0.05, 0.1) is 6.10 Å². The number of ether oxygens (including phenoxy) is 1. The van der Waals surface area contributed by atoms with Crippen LogP contribution < -0.4 is 16.8 Å². The number of nitrogens with zero attached hydrogens (tertiary/aromatic N) is 1. The molecule has 0 bridgehead atoms. The zero-order valence-corrected chi connectivity index (χ0v) is 10.2. The molecule has 1 aromatic rings. The van der Waals surface area contributed by atoms with E-state index in [1.54, 1.807) is 0 Å². The van der Waals surface area contributed by atoms with E-state index in [0.29, 0.717) is 12.4 Å². The number of nitrogens with two attached hydrogens (primary N) is 2. The van der Waals surface area contributed by atoms with E-state index >= 15 is 0 Å². The molecule has 2 aliphatic rings. The summed E-state index contributed by atoms with van der Waals surface area (Å²) >= 11 is 0. The van der Waals surface area contributed by atoms with Crippen LogP contribution in [0.2, 0.25) is 0 Å². The minimum atomic E-state index is -0.777. The summed E-state index contributed by atoms with van der Waals surface area (Å²) in [6, 6.07) is 7.88. The Balaban J connectivity index is 1.94. The van der Waals surface area contributed by atoms with Crippen LogP contribution in [0.1, 0.15) is 24.8 Å². The number of anilines is 1. The third kappa shape index (κ3) is 1.95. The highest BCUT2D eigenvalue weighted by molar-refractivity contribution is 5.95. The molecule has 5 heteroatoms. The van der Waals surface area contributed by atoms with Gasteiger partial charge in [-0.05, 0) is 18.9 Å². The molecule has 2 atom stereocenters. The van der Waals surface area contributed by atoms with Gasteiger partial charge in [-0.1, -0.05) is 18.2 Å². The van der Waals surface area contributed by atoms with Crippen LogP contribution in [0.4, 0.5) is 5.69 Å². The van der Waals surface area contributed by atoms with Gasteiger partial charge >= 0.3 is 0 Å². The topological polar surface area (TPSA) is 85.7 Å². The molecule has 3 rings (SSSR count). The van der Waals surface area contributed by atoms with Crippen molar-refractivity contribution in [2.45, 2.75) is 31.0 Å². The molecule has 0 radical (unpaired) electrons. The average molecular weight is 246 g/mol. The highest BCUT2D eigenvalue weighted by Gasteiger charge is 2.36. The normalized spacial score (nSPS) is 30.5. The Labute approximate surface area is 106 Å². The Morgan fingerprint density at radius 3 is 3.06 bits per heavy atom. The maximum Gasteiger partial charge on any atom is 0.195 e. The quantitative estimate of drug-likeness (QED) is 0.729. The first-order chi connectivity index (χ1) is 8.67. The lowest BCUT2D eigenvalue weighted by molar-refractivity contribution is 0.0838. The Hall–Kier alpha value is -1.59. The number of rotatable bonds is 2. The van der Waals surface area contributed by atoms with Gasteiger partial charge < -0.3 is 21.5 Å². The average Bonchev–Trinajstić information content (AvgIpc) is 2.81. The zero-order chi connectivity index (χ0) is 12.6. The molecule has 0 amide bonds. The second-order valence-corrected chi connectivity index (χ2v) is 4.93. The summed E-state index contributed by atoms with van der Waals surface area (Å²) < 4.78 is 5.66. The van der Waals surface area contributed by atoms with E-state index < -0.39 is 5.66 Å². The van der Waals surface area contributed by atoms with Crippen molar-refractivity contribution in [3.05, 3.63) is 29.8 Å². The molecular formula is C13H18N4O. The van der Waals surface area contributed by atoms with Gasteiger partial charge in [-0.3, -0.25) is 0 Å². The second-order valence-electron chi connectivity index (χ2n) is 4.93. The minimum Gasteiger partial charge on any atom is -0.378 e. The molecule has 2 aliphatic heterocycles. The second kappa shape index (κ2) is 4.26. The Bertz CT molecular complexity index is 482. The predicted molar refractivity (Wildman–Crippen MR) is 71.1 cm³/mol. The van der Waals surface area contributed by atoms with E-state index in [2.05, 4.69) is 10.3 Å². The largest absolute Gasteiger partial charge is 0.378 e. The van der Waals surface area contributed by atoms with E-state index in [9.17, 15) is 0 Å². The van der Waals surface area contributed by atoms with Gasteiger partial charge in [-0.2, -0.15) is 0 Å². The predicted octanol–water partition coefficient (Wildman–Crippen LogP) is 1.11. The highest BCUT2D eigenvalue weighted by atomic mass is 16.5. The van der Waals surface area contributed by atoms with Crippen LogP contribution in [-0.4, -0.2) is 18.7 Å². The van der Waals surface area contributed by atoms with Gasteiger partial charge in [-0.25, -0.2) is 4.99 Å². The van der Waals surface area contributed by atoms with Crippen molar-refractivity contribution in [1.82, 2.24) is 0 Å². The van der Waals surface area contributed by atoms with Crippen LogP contribution in [0.15, 0.2) is 29.3 Å². The van der Waals surface area contributed by atoms with Gasteiger partial charge in [0.15, 0.2) is 5.96 Å². The smallest absolute Gasteiger partial charge is 0.195 e. The van der Waals surface area contributed by atoms with Crippen molar-refractivity contribution in [2.75, 3.05) is 11.9 Å². The van der Waals surface area contributed by atoms with Crippen molar-refractivity contribution in [3.8, 4) is 0 Å². The van der Waals surface area contributed by atoms with E-state index in [4.69, 9.17) is 16.2 Å². The molecule has 2 heterocycles. The molecule has 5 nitrogen and oxygen atoms in total. The molecule has 5 N–H and O–H groups in total. The van der Waals surface area contributed by atoms with Gasteiger partial charge in [0.1, 0.15) is 5.66 Å². The third-order valence-corrected chi connectivity index (χ3v) is 3.54. The monoisotopic (exact) mass is 246 g/mol. The van der Waals surface area contributed by atoms with E-state index in [-0.39, 0.29) is 6.10 Å². The number of aliphatic imine (C=N–C) groups is 1. The van der Waals surface area contributed by atoms with Gasteiger partial charge in [0.25, 0.3) is 0 Å². The summed E-state index contributed by atoms with van der Waals surface area (Å²) in [5.41, 5.74) is 13.4. The molecule has 0 aliphatic carbocycles. The fourth-order valence-electron chi connectivity index (χ4n) is 2.72. The van der Waals surface area contributed by atoms with Crippen molar-refractivity contribution < 1.29 is 4.74 Å². The fourth-order valence-corrected chi connectivity index (χ4v) is 2.72. The van der Waals surface area contributed by atoms with Gasteiger partial charge in [0.2, 0.25) is 0 Å². The number of guanidine groups is 1. The summed E-state index contributed by atoms with van der Waals surface area (Å²) in [5.74, 6) is 0.370. The van der Waals surface area contributed by atoms with Crippen LogP contribution in [-0.2, 0) is 10.4 Å². The van der Waals surface area contributed by atoms with E-state index in [1.807, 2.05) is 24.3 Å².